The topological polar surface area (TPSA) is 133 Å². The number of rotatable bonds is 4. The summed E-state index contributed by atoms with van der Waals surface area (Å²) in [5.74, 6) is -0.133. The van der Waals surface area contributed by atoms with Gasteiger partial charge in [-0.25, -0.2) is 9.78 Å². The molecule has 0 aromatic carbocycles. The summed E-state index contributed by atoms with van der Waals surface area (Å²) < 4.78 is 11.5. The number of ether oxygens (including phenoxy) is 1. The molecular weight excluding hydrogens is 272 g/mol. The molecule has 2 radical (unpaired) electrons. The molecule has 0 bridgehead atoms. The summed E-state index contributed by atoms with van der Waals surface area (Å²) in [7, 11) is 0.0582. The van der Waals surface area contributed by atoms with Crippen molar-refractivity contribution in [2.24, 2.45) is 0 Å². The van der Waals surface area contributed by atoms with Crippen LogP contribution >= 0.6 is 0 Å². The second-order valence-electron chi connectivity index (χ2n) is 3.98. The molecule has 1 aliphatic rings. The first kappa shape index (κ1) is 14.1. The van der Waals surface area contributed by atoms with E-state index < -0.39 is 30.4 Å². The van der Waals surface area contributed by atoms with Gasteiger partial charge < -0.3 is 25.1 Å². The van der Waals surface area contributed by atoms with E-state index in [2.05, 4.69) is 9.97 Å². The second kappa shape index (κ2) is 5.75. The van der Waals surface area contributed by atoms with Crippen molar-refractivity contribution in [1.82, 2.24) is 14.5 Å². The van der Waals surface area contributed by atoms with Gasteiger partial charge in [0.2, 0.25) is 15.7 Å². The van der Waals surface area contributed by atoms with Gasteiger partial charge in [0.15, 0.2) is 6.29 Å². The summed E-state index contributed by atoms with van der Waals surface area (Å²) in [6.07, 6.45) is -2.53. The number of aliphatic hydroxyl groups excluding tert-OH is 2. The molecule has 1 aliphatic heterocycles. The quantitative estimate of drug-likeness (QED) is 0.422. The number of aromatic nitrogens is 3. The van der Waals surface area contributed by atoms with E-state index in [1.165, 1.54) is 6.33 Å². The van der Waals surface area contributed by atoms with Gasteiger partial charge in [0.25, 0.3) is 0 Å². The molecule has 1 saturated heterocycles. The highest BCUT2D eigenvalue weighted by molar-refractivity contribution is 6.24. The summed E-state index contributed by atoms with van der Waals surface area (Å²) >= 11 is 0. The Kier molecular flexibility index (Phi) is 4.26. The van der Waals surface area contributed by atoms with Gasteiger partial charge in [0, 0.05) is 6.42 Å². The Morgan fingerprint density at radius 2 is 2.47 bits per heavy atom. The van der Waals surface area contributed by atoms with Crippen molar-refractivity contribution in [2.75, 3.05) is 5.73 Å². The summed E-state index contributed by atoms with van der Waals surface area (Å²) in [6.45, 7) is 1.74. The number of hydrogen-bond acceptors (Lipinski definition) is 8. The lowest BCUT2D eigenvalue weighted by Crippen LogP contribution is -2.37. The van der Waals surface area contributed by atoms with Crippen LogP contribution in [0, 0.1) is 0 Å². The fourth-order valence-corrected chi connectivity index (χ4v) is 2.22. The van der Waals surface area contributed by atoms with Crippen LogP contribution in [0.15, 0.2) is 11.1 Å². The van der Waals surface area contributed by atoms with Crippen LogP contribution in [-0.4, -0.2) is 53.0 Å². The third-order valence-corrected chi connectivity index (χ3v) is 3.19. The van der Waals surface area contributed by atoms with Crippen molar-refractivity contribution in [1.29, 1.82) is 0 Å². The van der Waals surface area contributed by atoms with Crippen LogP contribution in [-0.2, 0) is 9.16 Å². The zero-order valence-electron chi connectivity index (χ0n) is 10.1. The Bertz CT molecular complexity index is 498. The van der Waals surface area contributed by atoms with E-state index in [-0.39, 0.29) is 22.1 Å². The first-order chi connectivity index (χ1) is 9.02. The number of aliphatic hydroxyl groups is 2. The molecule has 1 fully saturated rings. The molecule has 4 N–H and O–H groups in total. The minimum atomic E-state index is -1.24. The lowest BCUT2D eigenvalue weighted by atomic mass is 10.2. The number of nitrogen functional groups attached to an aromatic ring is 1. The Balaban J connectivity index is 2.14. The van der Waals surface area contributed by atoms with Gasteiger partial charge in [-0.05, 0) is 6.55 Å². The van der Waals surface area contributed by atoms with E-state index in [1.807, 2.05) is 0 Å². The Labute approximate surface area is 110 Å². The molecule has 0 saturated carbocycles. The van der Waals surface area contributed by atoms with Crippen LogP contribution < -0.4 is 11.4 Å². The van der Waals surface area contributed by atoms with Crippen LogP contribution in [0.25, 0.3) is 0 Å². The third kappa shape index (κ3) is 2.98. The van der Waals surface area contributed by atoms with Gasteiger partial charge in [-0.3, -0.25) is 4.57 Å². The standard InChI is InChI=1S/C9H14N4O5Si/c1-19-18-7(15)6-4(14)2-5(17-6)13-3-11-8(10)12-9(13)16/h3-7,14-15H,2H2,1H3,(H2,10,12,16)/t4-,5+,6-,7?/m0/s1. The Hall–Kier alpha value is -1.33. The van der Waals surface area contributed by atoms with E-state index in [1.54, 1.807) is 6.55 Å². The summed E-state index contributed by atoms with van der Waals surface area (Å²) in [5.41, 5.74) is 4.66. The van der Waals surface area contributed by atoms with Gasteiger partial charge in [-0.15, -0.1) is 0 Å². The van der Waals surface area contributed by atoms with E-state index in [4.69, 9.17) is 14.9 Å². The number of nitrogens with zero attached hydrogens (tertiary/aromatic N) is 3. The maximum absolute atomic E-state index is 11.6. The highest BCUT2D eigenvalue weighted by atomic mass is 28.2. The molecule has 10 heteroatoms. The summed E-state index contributed by atoms with van der Waals surface area (Å²) in [4.78, 5) is 18.8. The van der Waals surface area contributed by atoms with Gasteiger partial charge in [0.1, 0.15) is 18.7 Å². The molecule has 1 aromatic heterocycles. The highest BCUT2D eigenvalue weighted by Crippen LogP contribution is 2.29. The molecule has 1 unspecified atom stereocenters. The highest BCUT2D eigenvalue weighted by Gasteiger charge is 2.40. The fraction of sp³-hybridized carbons (Fsp3) is 0.667. The predicted molar refractivity (Wildman–Crippen MR) is 63.9 cm³/mol. The molecule has 0 amide bonds. The Morgan fingerprint density at radius 3 is 3.11 bits per heavy atom. The van der Waals surface area contributed by atoms with E-state index >= 15 is 0 Å². The normalized spacial score (nSPS) is 28.5. The number of hydrogen-bond donors (Lipinski definition) is 3. The van der Waals surface area contributed by atoms with E-state index in [0.717, 1.165) is 4.57 Å². The van der Waals surface area contributed by atoms with Crippen molar-refractivity contribution in [2.45, 2.75) is 37.7 Å². The summed E-state index contributed by atoms with van der Waals surface area (Å²) in [6, 6.07) is 0. The lowest BCUT2D eigenvalue weighted by Gasteiger charge is -2.20. The molecule has 1 aromatic rings. The maximum atomic E-state index is 11.6. The van der Waals surface area contributed by atoms with Gasteiger partial charge in [0.05, 0.1) is 6.10 Å². The monoisotopic (exact) mass is 286 g/mol. The van der Waals surface area contributed by atoms with Crippen molar-refractivity contribution < 1.29 is 19.4 Å². The number of anilines is 1. The van der Waals surface area contributed by atoms with E-state index in [9.17, 15) is 15.0 Å². The molecule has 4 atom stereocenters. The molecule has 0 spiro atoms. The first-order valence-electron chi connectivity index (χ1n) is 5.57. The molecular formula is C9H14N4O5Si. The zero-order chi connectivity index (χ0) is 14.0. The van der Waals surface area contributed by atoms with Crippen molar-refractivity contribution in [3.63, 3.8) is 0 Å². The molecule has 0 aliphatic carbocycles. The number of nitrogens with two attached hydrogens (primary N) is 1. The van der Waals surface area contributed by atoms with Crippen molar-refractivity contribution in [3.8, 4) is 0 Å². The maximum Gasteiger partial charge on any atom is 0.354 e. The second-order valence-corrected chi connectivity index (χ2v) is 4.62. The molecule has 2 rings (SSSR count). The summed E-state index contributed by atoms with van der Waals surface area (Å²) in [5, 5.41) is 19.5. The average molecular weight is 286 g/mol. The van der Waals surface area contributed by atoms with Crippen LogP contribution in [0.1, 0.15) is 12.6 Å². The van der Waals surface area contributed by atoms with Gasteiger partial charge in [-0.1, -0.05) is 0 Å². The zero-order valence-corrected chi connectivity index (χ0v) is 11.1. The first-order valence-corrected chi connectivity index (χ1v) is 6.98. The molecule has 2 heterocycles. The lowest BCUT2D eigenvalue weighted by molar-refractivity contribution is -0.155. The van der Waals surface area contributed by atoms with Crippen LogP contribution in [0.3, 0.4) is 0 Å². The van der Waals surface area contributed by atoms with Gasteiger partial charge in [-0.2, -0.15) is 4.98 Å². The average Bonchev–Trinajstić information content (AvgIpc) is 2.71. The fourth-order valence-electron chi connectivity index (χ4n) is 1.85. The molecule has 104 valence electrons. The minimum absolute atomic E-state index is 0.0582. The van der Waals surface area contributed by atoms with Crippen molar-refractivity contribution in [3.05, 3.63) is 16.8 Å². The van der Waals surface area contributed by atoms with Crippen LogP contribution in [0.4, 0.5) is 5.95 Å². The van der Waals surface area contributed by atoms with Crippen LogP contribution in [0.5, 0.6) is 0 Å². The van der Waals surface area contributed by atoms with Crippen LogP contribution in [0.2, 0.25) is 6.55 Å². The Morgan fingerprint density at radius 1 is 1.74 bits per heavy atom. The minimum Gasteiger partial charge on any atom is -0.391 e. The SMILES string of the molecule is C[Si]OC(O)[C@H]1O[C@@H](n2cnc(N)nc2=O)C[C@@H]1O. The smallest absolute Gasteiger partial charge is 0.354 e. The van der Waals surface area contributed by atoms with Crippen molar-refractivity contribution >= 4 is 15.7 Å². The largest absolute Gasteiger partial charge is 0.391 e. The molecule has 19 heavy (non-hydrogen) atoms. The van der Waals surface area contributed by atoms with E-state index in [0.29, 0.717) is 0 Å². The van der Waals surface area contributed by atoms with Gasteiger partial charge >= 0.3 is 5.69 Å². The predicted octanol–water partition coefficient (Wildman–Crippen LogP) is -2.13. The molecule has 9 nitrogen and oxygen atoms in total. The third-order valence-electron chi connectivity index (χ3n) is 2.71.